The molecule has 4 amide bonds. The van der Waals surface area contributed by atoms with Crippen LogP contribution in [0.5, 0.6) is 0 Å². The first-order valence-electron chi connectivity index (χ1n) is 16.6. The maximum Gasteiger partial charge on any atom is 0.408 e. The highest BCUT2D eigenvalue weighted by atomic mass is 16.5. The molecule has 1 fully saturated rings. The second-order valence-corrected chi connectivity index (χ2v) is 12.3. The predicted octanol–water partition coefficient (Wildman–Crippen LogP) is 2.31. The van der Waals surface area contributed by atoms with Crippen LogP contribution < -0.4 is 21.3 Å². The number of alkyl carbamates (subject to hydrolysis) is 1. The van der Waals surface area contributed by atoms with Gasteiger partial charge in [-0.25, -0.2) is 9.59 Å². The summed E-state index contributed by atoms with van der Waals surface area (Å²) in [5.41, 5.74) is 1.27. The Morgan fingerprint density at radius 3 is 2.49 bits per heavy atom. The quantitative estimate of drug-likeness (QED) is 0.340. The van der Waals surface area contributed by atoms with Crippen LogP contribution in [0, 0.1) is 5.92 Å². The maximum absolute atomic E-state index is 13.9. The molecule has 0 saturated heterocycles. The van der Waals surface area contributed by atoms with E-state index in [0.717, 1.165) is 56.9 Å². The number of fused-ring (bicyclic) bond motifs is 2. The minimum Gasteiger partial charge on any atom is -0.467 e. The zero-order valence-electron chi connectivity index (χ0n) is 27.1. The number of carbonyl (C=O) groups excluding carboxylic acids is 5. The first-order chi connectivity index (χ1) is 22.8. The summed E-state index contributed by atoms with van der Waals surface area (Å²) in [5, 5.41) is 19.5. The molecule has 14 heteroatoms. The molecule has 4 rings (SSSR count). The Balaban J connectivity index is 1.56. The molecule has 47 heavy (non-hydrogen) atoms. The molecular weight excluding hydrogens is 606 g/mol. The fraction of sp³-hybridized carbons (Fsp3) is 0.606. The third-order valence-corrected chi connectivity index (χ3v) is 8.60. The van der Waals surface area contributed by atoms with Crippen LogP contribution in [0.1, 0.15) is 81.9 Å². The largest absolute Gasteiger partial charge is 0.467 e. The normalized spacial score (nSPS) is 22.6. The number of rotatable bonds is 6. The van der Waals surface area contributed by atoms with Crippen molar-refractivity contribution in [1.29, 1.82) is 0 Å². The highest BCUT2D eigenvalue weighted by Crippen LogP contribution is 2.27. The molecule has 2 heterocycles. The summed E-state index contributed by atoms with van der Waals surface area (Å²) >= 11 is 0. The lowest BCUT2D eigenvalue weighted by Crippen LogP contribution is -2.57. The minimum atomic E-state index is -1.13. The number of benzene rings is 1. The van der Waals surface area contributed by atoms with Gasteiger partial charge in [-0.2, -0.15) is 0 Å². The molecule has 0 unspecified atom stereocenters. The molecule has 1 aromatic carbocycles. The van der Waals surface area contributed by atoms with Crippen molar-refractivity contribution in [2.24, 2.45) is 5.92 Å². The topological polar surface area (TPSA) is 183 Å². The number of methoxy groups -OCH3 is 1. The van der Waals surface area contributed by atoms with Crippen LogP contribution in [0.15, 0.2) is 36.5 Å². The van der Waals surface area contributed by atoms with Gasteiger partial charge in [0, 0.05) is 32.1 Å². The van der Waals surface area contributed by atoms with E-state index < -0.39 is 42.0 Å². The lowest BCUT2D eigenvalue weighted by molar-refractivity contribution is -0.145. The highest BCUT2D eigenvalue weighted by molar-refractivity contribution is 5.93. The molecular formula is C33H47N7O7. The summed E-state index contributed by atoms with van der Waals surface area (Å²) < 4.78 is 12.0. The van der Waals surface area contributed by atoms with Gasteiger partial charge in [-0.15, -0.1) is 5.10 Å². The number of hydrogen-bond acceptors (Lipinski definition) is 9. The van der Waals surface area contributed by atoms with Crippen LogP contribution in [0.2, 0.25) is 0 Å². The summed E-state index contributed by atoms with van der Waals surface area (Å²) in [6.45, 7) is 1.09. The SMILES string of the molecule is COC(=O)[C@@H]1CCC(=O)NCCCCCn2cc(nn2)C[C@H](NC(=O)OCc2ccccc2)C(=O)N[C@@H](CC2CCCCC2)C(=O)N1. The third kappa shape index (κ3) is 12.0. The van der Waals surface area contributed by atoms with Crippen LogP contribution >= 0.6 is 0 Å². The molecule has 1 aliphatic heterocycles. The van der Waals surface area contributed by atoms with Gasteiger partial charge in [-0.05, 0) is 43.6 Å². The molecule has 3 atom stereocenters. The average molecular weight is 654 g/mol. The number of nitrogens with zero attached hydrogens (tertiary/aromatic N) is 3. The lowest BCUT2D eigenvalue weighted by Gasteiger charge is -2.29. The van der Waals surface area contributed by atoms with Crippen molar-refractivity contribution in [1.82, 2.24) is 36.3 Å². The third-order valence-electron chi connectivity index (χ3n) is 8.60. The Morgan fingerprint density at radius 2 is 1.72 bits per heavy atom. The van der Waals surface area contributed by atoms with Crippen molar-refractivity contribution in [3.8, 4) is 0 Å². The highest BCUT2D eigenvalue weighted by Gasteiger charge is 2.33. The smallest absolute Gasteiger partial charge is 0.408 e. The molecule has 0 spiro atoms. The summed E-state index contributed by atoms with van der Waals surface area (Å²) in [4.78, 5) is 65.7. The summed E-state index contributed by atoms with van der Waals surface area (Å²) in [7, 11) is 1.22. The number of hydrogen-bond donors (Lipinski definition) is 4. The second kappa shape index (κ2) is 18.6. The zero-order valence-corrected chi connectivity index (χ0v) is 27.1. The molecule has 2 aromatic rings. The fourth-order valence-electron chi connectivity index (χ4n) is 5.96. The second-order valence-electron chi connectivity index (χ2n) is 12.3. The van der Waals surface area contributed by atoms with Crippen molar-refractivity contribution in [3.63, 3.8) is 0 Å². The summed E-state index contributed by atoms with van der Waals surface area (Å²) in [6.07, 6.45) is 8.73. The van der Waals surface area contributed by atoms with E-state index in [1.165, 1.54) is 7.11 Å². The van der Waals surface area contributed by atoms with Gasteiger partial charge in [0.25, 0.3) is 0 Å². The number of amides is 4. The van der Waals surface area contributed by atoms with E-state index in [4.69, 9.17) is 9.47 Å². The Morgan fingerprint density at radius 1 is 0.957 bits per heavy atom. The van der Waals surface area contributed by atoms with Gasteiger partial charge in [0.15, 0.2) is 0 Å². The van der Waals surface area contributed by atoms with Crippen molar-refractivity contribution in [3.05, 3.63) is 47.8 Å². The van der Waals surface area contributed by atoms with Crippen molar-refractivity contribution in [2.45, 2.75) is 108 Å². The minimum absolute atomic E-state index is 0.0108. The van der Waals surface area contributed by atoms with Crippen LogP contribution in [-0.4, -0.2) is 76.6 Å². The van der Waals surface area contributed by atoms with Gasteiger partial charge in [-0.1, -0.05) is 67.6 Å². The number of aromatic nitrogens is 3. The lowest BCUT2D eigenvalue weighted by atomic mass is 9.84. The van der Waals surface area contributed by atoms with Crippen LogP contribution in [0.4, 0.5) is 4.79 Å². The van der Waals surface area contributed by atoms with Crippen molar-refractivity contribution < 1.29 is 33.4 Å². The number of aryl methyl sites for hydroxylation is 1. The predicted molar refractivity (Wildman–Crippen MR) is 170 cm³/mol. The first kappa shape index (κ1) is 35.4. The first-order valence-corrected chi connectivity index (χ1v) is 16.6. The van der Waals surface area contributed by atoms with E-state index in [1.807, 2.05) is 30.3 Å². The van der Waals surface area contributed by atoms with E-state index in [0.29, 0.717) is 25.2 Å². The molecule has 1 aromatic heterocycles. The Hall–Kier alpha value is -4.49. The van der Waals surface area contributed by atoms with Crippen molar-refractivity contribution in [2.75, 3.05) is 13.7 Å². The Bertz CT molecular complexity index is 1330. The van der Waals surface area contributed by atoms with E-state index >= 15 is 0 Å². The van der Waals surface area contributed by atoms with Gasteiger partial charge < -0.3 is 30.7 Å². The van der Waals surface area contributed by atoms with Gasteiger partial charge in [0.05, 0.1) is 12.8 Å². The Labute approximate surface area is 275 Å². The molecule has 0 radical (unpaired) electrons. The van der Waals surface area contributed by atoms with E-state index in [2.05, 4.69) is 31.6 Å². The number of ether oxygens (including phenoxy) is 2. The summed E-state index contributed by atoms with van der Waals surface area (Å²) in [6, 6.07) is 5.95. The number of nitrogens with one attached hydrogen (secondary N) is 4. The number of carbonyl (C=O) groups is 5. The Kier molecular flexibility index (Phi) is 14.0. The fourth-order valence-corrected chi connectivity index (χ4v) is 5.96. The van der Waals surface area contributed by atoms with Crippen molar-refractivity contribution >= 4 is 29.8 Å². The zero-order chi connectivity index (χ0) is 33.4. The molecule has 1 aliphatic carbocycles. The van der Waals surface area contributed by atoms with Gasteiger partial charge >= 0.3 is 12.1 Å². The monoisotopic (exact) mass is 653 g/mol. The van der Waals surface area contributed by atoms with Crippen LogP contribution in [0.3, 0.4) is 0 Å². The molecule has 14 nitrogen and oxygen atoms in total. The average Bonchev–Trinajstić information content (AvgIpc) is 3.53. The molecule has 256 valence electrons. The molecule has 2 bridgehead atoms. The maximum atomic E-state index is 13.9. The van der Waals surface area contributed by atoms with Gasteiger partial charge in [-0.3, -0.25) is 19.1 Å². The van der Waals surface area contributed by atoms with E-state index in [-0.39, 0.29) is 37.7 Å². The number of esters is 1. The standard InChI is InChI=1S/C33H47N7O7/c1-46-32(44)26-15-16-29(41)34-17-9-4-10-18-40-21-25(38-39-40)20-28(37-33(45)47-22-24-13-7-3-8-14-24)31(43)36-27(30(42)35-26)19-23-11-5-2-6-12-23/h3,7-8,13-14,21,23,26-28H,2,4-6,9-12,15-20,22H2,1H3,(H,34,41)(H,35,42)(H,36,43)(H,37,45)/t26-,27-,28-/m0/s1. The molecule has 1 saturated carbocycles. The van der Waals surface area contributed by atoms with Crippen LogP contribution in [0.25, 0.3) is 0 Å². The van der Waals surface area contributed by atoms with E-state index in [9.17, 15) is 24.0 Å². The summed E-state index contributed by atoms with van der Waals surface area (Å²) in [5.74, 6) is -1.89. The molecule has 2 aliphatic rings. The molecule has 4 N–H and O–H groups in total. The van der Waals surface area contributed by atoms with E-state index in [1.54, 1.807) is 10.9 Å². The van der Waals surface area contributed by atoms with Gasteiger partial charge in [0.1, 0.15) is 24.7 Å². The van der Waals surface area contributed by atoms with Crippen LogP contribution in [-0.2, 0) is 48.2 Å². The van der Waals surface area contributed by atoms with Gasteiger partial charge in [0.2, 0.25) is 17.7 Å².